The molecule has 1 atom stereocenters. The minimum Gasteiger partial charge on any atom is -0.382 e. The van der Waals surface area contributed by atoms with Crippen LogP contribution in [0.5, 0.6) is 0 Å². The number of nitrogens with zero attached hydrogens (tertiary/aromatic N) is 2. The maximum Gasteiger partial charge on any atom is 0.0477 e. The van der Waals surface area contributed by atoms with Gasteiger partial charge in [0.25, 0.3) is 0 Å². The van der Waals surface area contributed by atoms with E-state index in [-0.39, 0.29) is 0 Å². The van der Waals surface area contributed by atoms with Crippen molar-refractivity contribution in [2.75, 3.05) is 59.0 Å². The van der Waals surface area contributed by atoms with E-state index in [1.165, 1.54) is 32.7 Å². The van der Waals surface area contributed by atoms with Gasteiger partial charge in [0.1, 0.15) is 0 Å². The second kappa shape index (κ2) is 10.6. The van der Waals surface area contributed by atoms with E-state index < -0.39 is 0 Å². The number of hydrogen-bond acceptors (Lipinski definition) is 4. The van der Waals surface area contributed by atoms with Crippen LogP contribution in [0.2, 0.25) is 0 Å². The summed E-state index contributed by atoms with van der Waals surface area (Å²) in [4.78, 5) is 5.22. The molecule has 0 aromatic heterocycles. The number of hydrogen-bond donors (Lipinski definition) is 1. The summed E-state index contributed by atoms with van der Waals surface area (Å²) in [6.45, 7) is 19.0. The topological polar surface area (TPSA) is 27.7 Å². The molecule has 20 heavy (non-hydrogen) atoms. The van der Waals surface area contributed by atoms with Gasteiger partial charge in [-0.1, -0.05) is 13.8 Å². The van der Waals surface area contributed by atoms with Crippen molar-refractivity contribution in [3.05, 3.63) is 0 Å². The highest BCUT2D eigenvalue weighted by molar-refractivity contribution is 4.77. The van der Waals surface area contributed by atoms with Crippen LogP contribution in [0, 0.1) is 5.92 Å². The molecule has 120 valence electrons. The third kappa shape index (κ3) is 7.58. The molecular weight excluding hydrogens is 250 g/mol. The molecule has 0 aromatic rings. The van der Waals surface area contributed by atoms with Gasteiger partial charge in [0.2, 0.25) is 0 Å². The van der Waals surface area contributed by atoms with E-state index in [0.29, 0.717) is 6.04 Å². The Labute approximate surface area is 125 Å². The molecule has 1 fully saturated rings. The van der Waals surface area contributed by atoms with Crippen LogP contribution >= 0.6 is 0 Å². The van der Waals surface area contributed by atoms with Crippen LogP contribution in [0.15, 0.2) is 0 Å². The summed E-state index contributed by atoms with van der Waals surface area (Å²) in [6, 6.07) is 0.642. The quantitative estimate of drug-likeness (QED) is 0.618. The van der Waals surface area contributed by atoms with Crippen LogP contribution in [0.4, 0.5) is 0 Å². The summed E-state index contributed by atoms with van der Waals surface area (Å²) in [7, 11) is 0. The summed E-state index contributed by atoms with van der Waals surface area (Å²) < 4.78 is 5.34. The number of rotatable bonds is 10. The van der Waals surface area contributed by atoms with Gasteiger partial charge >= 0.3 is 0 Å². The molecule has 1 aliphatic heterocycles. The average Bonchev–Trinajstić information content (AvgIpc) is 2.42. The maximum atomic E-state index is 5.34. The molecule has 0 aromatic carbocycles. The normalized spacial score (nSPS) is 19.6. The summed E-state index contributed by atoms with van der Waals surface area (Å²) in [5, 5.41) is 3.55. The van der Waals surface area contributed by atoms with Crippen molar-refractivity contribution >= 4 is 0 Å². The van der Waals surface area contributed by atoms with Gasteiger partial charge in [-0.2, -0.15) is 0 Å². The van der Waals surface area contributed by atoms with Crippen molar-refractivity contribution < 1.29 is 4.74 Å². The monoisotopic (exact) mass is 285 g/mol. The first-order valence-electron chi connectivity index (χ1n) is 8.38. The van der Waals surface area contributed by atoms with Crippen LogP contribution in [0.25, 0.3) is 0 Å². The zero-order chi connectivity index (χ0) is 14.8. The second-order valence-corrected chi connectivity index (χ2v) is 6.33. The Bertz CT molecular complexity index is 228. The van der Waals surface area contributed by atoms with Crippen LogP contribution in [0.3, 0.4) is 0 Å². The molecule has 0 saturated carbocycles. The van der Waals surface area contributed by atoms with E-state index in [9.17, 15) is 0 Å². The van der Waals surface area contributed by atoms with Gasteiger partial charge in [0.15, 0.2) is 0 Å². The summed E-state index contributed by atoms with van der Waals surface area (Å²) in [6.07, 6.45) is 1.11. The highest BCUT2D eigenvalue weighted by atomic mass is 16.5. The molecule has 0 radical (unpaired) electrons. The summed E-state index contributed by atoms with van der Waals surface area (Å²) in [5.41, 5.74) is 0. The standard InChI is InChI=1S/C16H35N3O/c1-5-20-12-6-7-17-13-16(4)19-10-8-18(9-11-19)14-15(2)3/h15-17H,5-14H2,1-4H3. The SMILES string of the molecule is CCOCCCNCC(C)N1CCN(CC(C)C)CC1. The predicted octanol–water partition coefficient (Wildman–Crippen LogP) is 1.66. The second-order valence-electron chi connectivity index (χ2n) is 6.33. The zero-order valence-corrected chi connectivity index (χ0v) is 14.0. The first-order valence-corrected chi connectivity index (χ1v) is 8.38. The maximum absolute atomic E-state index is 5.34. The lowest BCUT2D eigenvalue weighted by Crippen LogP contribution is -2.52. The molecule has 1 unspecified atom stereocenters. The average molecular weight is 285 g/mol. The third-order valence-corrected chi connectivity index (χ3v) is 3.94. The molecule has 4 heteroatoms. The summed E-state index contributed by atoms with van der Waals surface area (Å²) in [5.74, 6) is 0.783. The van der Waals surface area contributed by atoms with Gasteiger partial charge in [-0.15, -0.1) is 0 Å². The molecule has 1 aliphatic rings. The van der Waals surface area contributed by atoms with Gasteiger partial charge < -0.3 is 15.0 Å². The van der Waals surface area contributed by atoms with E-state index >= 15 is 0 Å². The highest BCUT2D eigenvalue weighted by Gasteiger charge is 2.20. The fourth-order valence-electron chi connectivity index (χ4n) is 2.79. The third-order valence-electron chi connectivity index (χ3n) is 3.94. The van der Waals surface area contributed by atoms with Crippen LogP contribution in [0.1, 0.15) is 34.1 Å². The molecule has 0 bridgehead atoms. The molecular formula is C16H35N3O. The highest BCUT2D eigenvalue weighted by Crippen LogP contribution is 2.08. The van der Waals surface area contributed by atoms with Gasteiger partial charge in [0, 0.05) is 58.5 Å². The van der Waals surface area contributed by atoms with Crippen LogP contribution < -0.4 is 5.32 Å². The molecule has 4 nitrogen and oxygen atoms in total. The molecule has 0 amide bonds. The smallest absolute Gasteiger partial charge is 0.0477 e. The minimum absolute atomic E-state index is 0.642. The van der Waals surface area contributed by atoms with E-state index in [1.54, 1.807) is 0 Å². The lowest BCUT2D eigenvalue weighted by Gasteiger charge is -2.38. The van der Waals surface area contributed by atoms with Crippen molar-refractivity contribution in [1.82, 2.24) is 15.1 Å². The van der Waals surface area contributed by atoms with Gasteiger partial charge in [-0.05, 0) is 32.7 Å². The van der Waals surface area contributed by atoms with E-state index in [1.807, 2.05) is 0 Å². The van der Waals surface area contributed by atoms with E-state index in [4.69, 9.17) is 4.74 Å². The minimum atomic E-state index is 0.642. The fraction of sp³-hybridized carbons (Fsp3) is 1.00. The Hall–Kier alpha value is -0.160. The Morgan fingerprint density at radius 2 is 1.80 bits per heavy atom. The molecule has 0 spiro atoms. The Morgan fingerprint density at radius 3 is 2.40 bits per heavy atom. The van der Waals surface area contributed by atoms with E-state index in [0.717, 1.165) is 38.6 Å². The number of nitrogens with one attached hydrogen (secondary N) is 1. The lowest BCUT2D eigenvalue weighted by molar-refractivity contribution is 0.0936. The van der Waals surface area contributed by atoms with E-state index in [2.05, 4.69) is 42.8 Å². The first kappa shape index (κ1) is 17.9. The van der Waals surface area contributed by atoms with Crippen molar-refractivity contribution in [3.63, 3.8) is 0 Å². The number of piperazine rings is 1. The predicted molar refractivity (Wildman–Crippen MR) is 86.3 cm³/mol. The Balaban J connectivity index is 2.05. The zero-order valence-electron chi connectivity index (χ0n) is 14.0. The Kier molecular flexibility index (Phi) is 9.44. The number of ether oxygens (including phenoxy) is 1. The van der Waals surface area contributed by atoms with Crippen molar-refractivity contribution in [2.45, 2.75) is 40.2 Å². The molecule has 1 N–H and O–H groups in total. The van der Waals surface area contributed by atoms with Crippen LogP contribution in [-0.2, 0) is 4.74 Å². The molecule has 1 saturated heterocycles. The largest absolute Gasteiger partial charge is 0.382 e. The Morgan fingerprint density at radius 1 is 1.10 bits per heavy atom. The molecule has 0 aliphatic carbocycles. The fourth-order valence-corrected chi connectivity index (χ4v) is 2.79. The van der Waals surface area contributed by atoms with Gasteiger partial charge in [0.05, 0.1) is 0 Å². The van der Waals surface area contributed by atoms with Crippen LogP contribution in [-0.4, -0.2) is 74.9 Å². The van der Waals surface area contributed by atoms with Crippen molar-refractivity contribution in [3.8, 4) is 0 Å². The lowest BCUT2D eigenvalue weighted by atomic mass is 10.1. The molecule has 1 rings (SSSR count). The summed E-state index contributed by atoms with van der Waals surface area (Å²) >= 11 is 0. The van der Waals surface area contributed by atoms with Crippen molar-refractivity contribution in [1.29, 1.82) is 0 Å². The van der Waals surface area contributed by atoms with Gasteiger partial charge in [-0.3, -0.25) is 4.90 Å². The van der Waals surface area contributed by atoms with Crippen molar-refractivity contribution in [2.24, 2.45) is 5.92 Å². The molecule has 1 heterocycles. The van der Waals surface area contributed by atoms with Gasteiger partial charge in [-0.25, -0.2) is 0 Å². The first-order chi connectivity index (χ1) is 9.63.